The summed E-state index contributed by atoms with van der Waals surface area (Å²) in [4.78, 5) is 4.11. The largest absolute Gasteiger partial charge is 0.510 e. The number of aliphatic hydroxyl groups excluding tert-OH is 1. The predicted octanol–water partition coefficient (Wildman–Crippen LogP) is 5.36. The van der Waals surface area contributed by atoms with E-state index in [0.717, 1.165) is 29.0 Å². The van der Waals surface area contributed by atoms with E-state index in [0.29, 0.717) is 10.4 Å². The van der Waals surface area contributed by atoms with Gasteiger partial charge in [0.05, 0.1) is 22.9 Å². The van der Waals surface area contributed by atoms with Crippen LogP contribution in [0.4, 0.5) is 13.2 Å². The van der Waals surface area contributed by atoms with Crippen molar-refractivity contribution >= 4 is 27.1 Å². The molecule has 0 radical (unpaired) electrons. The van der Waals surface area contributed by atoms with Crippen LogP contribution in [-0.4, -0.2) is 17.2 Å². The molecule has 0 amide bonds. The lowest BCUT2D eigenvalue weighted by Crippen LogP contribution is -2.03. The molecule has 1 aromatic heterocycles. The Kier molecular flexibility index (Phi) is 5.06. The van der Waals surface area contributed by atoms with E-state index in [2.05, 4.69) is 4.98 Å². The standard InChI is InChI=1S/C19H13F3N2O2S/c1-26-13-5-2-11(3-6-13)8-16(25)14(10-23)18-24-15-9-12(19(20,21)22)4-7-17(15)27-18/h2-7,9,25H,8H2,1H3/b16-14-. The second kappa shape index (κ2) is 7.29. The molecular weight excluding hydrogens is 377 g/mol. The van der Waals surface area contributed by atoms with E-state index in [-0.39, 0.29) is 28.3 Å². The van der Waals surface area contributed by atoms with Gasteiger partial charge in [-0.15, -0.1) is 11.3 Å². The molecule has 0 unspecified atom stereocenters. The third-order valence-electron chi connectivity index (χ3n) is 3.86. The van der Waals surface area contributed by atoms with E-state index in [4.69, 9.17) is 4.74 Å². The van der Waals surface area contributed by atoms with Gasteiger partial charge < -0.3 is 9.84 Å². The Morgan fingerprint density at radius 2 is 1.93 bits per heavy atom. The van der Waals surface area contributed by atoms with Gasteiger partial charge in [-0.2, -0.15) is 18.4 Å². The minimum atomic E-state index is -4.47. The number of thiazole rings is 1. The normalized spacial score (nSPS) is 12.6. The van der Waals surface area contributed by atoms with Crippen LogP contribution in [0.3, 0.4) is 0 Å². The van der Waals surface area contributed by atoms with E-state index in [1.165, 1.54) is 13.2 Å². The van der Waals surface area contributed by atoms with Gasteiger partial charge in [0.1, 0.15) is 28.2 Å². The molecule has 27 heavy (non-hydrogen) atoms. The Labute approximate surface area is 156 Å². The predicted molar refractivity (Wildman–Crippen MR) is 96.5 cm³/mol. The molecule has 4 nitrogen and oxygen atoms in total. The summed E-state index contributed by atoms with van der Waals surface area (Å²) in [6, 6.07) is 12.1. The number of methoxy groups -OCH3 is 1. The van der Waals surface area contributed by atoms with Crippen molar-refractivity contribution in [2.24, 2.45) is 0 Å². The molecule has 2 aromatic carbocycles. The second-order valence-electron chi connectivity index (χ2n) is 5.66. The summed E-state index contributed by atoms with van der Waals surface area (Å²) in [5.41, 5.74) is 0.0220. The smallest absolute Gasteiger partial charge is 0.416 e. The first-order valence-corrected chi connectivity index (χ1v) is 8.56. The number of aromatic nitrogens is 1. The Morgan fingerprint density at radius 3 is 2.52 bits per heavy atom. The molecule has 0 saturated carbocycles. The van der Waals surface area contributed by atoms with Gasteiger partial charge in [0.25, 0.3) is 0 Å². The van der Waals surface area contributed by atoms with Crippen molar-refractivity contribution in [3.05, 3.63) is 64.4 Å². The molecule has 3 rings (SSSR count). The highest BCUT2D eigenvalue weighted by Gasteiger charge is 2.31. The number of nitriles is 1. The fourth-order valence-electron chi connectivity index (χ4n) is 2.47. The number of aliphatic hydroxyl groups is 1. The fraction of sp³-hybridized carbons (Fsp3) is 0.158. The Bertz CT molecular complexity index is 1050. The molecule has 0 fully saturated rings. The SMILES string of the molecule is COc1ccc(C/C(O)=C(\C#N)c2nc3cc(C(F)(F)F)ccc3s2)cc1. The van der Waals surface area contributed by atoms with Crippen LogP contribution >= 0.6 is 11.3 Å². The number of hydrogen-bond acceptors (Lipinski definition) is 5. The highest BCUT2D eigenvalue weighted by molar-refractivity contribution is 7.19. The third kappa shape index (κ3) is 4.04. The zero-order valence-electron chi connectivity index (χ0n) is 14.0. The molecule has 1 N–H and O–H groups in total. The molecular formula is C19H13F3N2O2S. The Hall–Kier alpha value is -3.05. The molecule has 0 atom stereocenters. The number of nitrogens with zero attached hydrogens (tertiary/aromatic N) is 2. The number of benzene rings is 2. The van der Waals surface area contributed by atoms with Crippen molar-refractivity contribution in [3.63, 3.8) is 0 Å². The van der Waals surface area contributed by atoms with E-state index in [1.54, 1.807) is 24.3 Å². The van der Waals surface area contributed by atoms with Crippen molar-refractivity contribution in [3.8, 4) is 11.8 Å². The van der Waals surface area contributed by atoms with Gasteiger partial charge in [0.2, 0.25) is 0 Å². The van der Waals surface area contributed by atoms with Crippen LogP contribution in [0, 0.1) is 11.3 Å². The third-order valence-corrected chi connectivity index (χ3v) is 4.91. The van der Waals surface area contributed by atoms with Gasteiger partial charge in [-0.25, -0.2) is 4.98 Å². The van der Waals surface area contributed by atoms with Crippen LogP contribution in [0.15, 0.2) is 48.2 Å². The second-order valence-corrected chi connectivity index (χ2v) is 6.69. The summed E-state index contributed by atoms with van der Waals surface area (Å²) in [5, 5.41) is 20.0. The first kappa shape index (κ1) is 18.7. The number of allylic oxidation sites excluding steroid dienone is 2. The molecule has 0 aliphatic heterocycles. The van der Waals surface area contributed by atoms with Gasteiger partial charge in [0.15, 0.2) is 0 Å². The van der Waals surface area contributed by atoms with Crippen LogP contribution < -0.4 is 4.74 Å². The molecule has 0 aliphatic carbocycles. The van der Waals surface area contributed by atoms with Crippen molar-refractivity contribution in [1.82, 2.24) is 4.98 Å². The van der Waals surface area contributed by atoms with Gasteiger partial charge in [0, 0.05) is 6.42 Å². The van der Waals surface area contributed by atoms with Gasteiger partial charge in [-0.1, -0.05) is 12.1 Å². The maximum Gasteiger partial charge on any atom is 0.416 e. The van der Waals surface area contributed by atoms with Crippen molar-refractivity contribution < 1.29 is 23.0 Å². The molecule has 8 heteroatoms. The van der Waals surface area contributed by atoms with Gasteiger partial charge in [-0.3, -0.25) is 0 Å². The van der Waals surface area contributed by atoms with Gasteiger partial charge >= 0.3 is 6.18 Å². The van der Waals surface area contributed by atoms with Crippen molar-refractivity contribution in [2.75, 3.05) is 7.11 Å². The Morgan fingerprint density at radius 1 is 1.22 bits per heavy atom. The molecule has 0 saturated heterocycles. The van der Waals surface area contributed by atoms with Crippen LogP contribution in [-0.2, 0) is 12.6 Å². The molecule has 0 aliphatic rings. The first-order valence-electron chi connectivity index (χ1n) is 7.75. The number of ether oxygens (including phenoxy) is 1. The maximum absolute atomic E-state index is 12.8. The Balaban J connectivity index is 1.95. The van der Waals surface area contributed by atoms with Crippen LogP contribution in [0.25, 0.3) is 15.8 Å². The average Bonchev–Trinajstić information content (AvgIpc) is 3.05. The number of fused-ring (bicyclic) bond motifs is 1. The monoisotopic (exact) mass is 390 g/mol. The summed E-state index contributed by atoms with van der Waals surface area (Å²) in [5.74, 6) is 0.465. The van der Waals surface area contributed by atoms with Crippen LogP contribution in [0.1, 0.15) is 16.1 Å². The summed E-state index contributed by atoms with van der Waals surface area (Å²) in [6.07, 6.45) is -4.38. The topological polar surface area (TPSA) is 66.1 Å². The average molecular weight is 390 g/mol. The summed E-state index contributed by atoms with van der Waals surface area (Å²) < 4.78 is 44.1. The van der Waals surface area contributed by atoms with E-state index in [9.17, 15) is 23.5 Å². The zero-order valence-corrected chi connectivity index (χ0v) is 14.9. The highest BCUT2D eigenvalue weighted by Crippen LogP contribution is 2.34. The molecule has 138 valence electrons. The van der Waals surface area contributed by atoms with Crippen LogP contribution in [0.5, 0.6) is 5.75 Å². The number of rotatable bonds is 4. The number of halogens is 3. The van der Waals surface area contributed by atoms with Crippen molar-refractivity contribution in [2.45, 2.75) is 12.6 Å². The summed E-state index contributed by atoms with van der Waals surface area (Å²) in [6.45, 7) is 0. The lowest BCUT2D eigenvalue weighted by atomic mass is 10.1. The quantitative estimate of drug-likeness (QED) is 0.481. The lowest BCUT2D eigenvalue weighted by molar-refractivity contribution is -0.137. The lowest BCUT2D eigenvalue weighted by Gasteiger charge is -2.05. The summed E-state index contributed by atoms with van der Waals surface area (Å²) >= 11 is 1.06. The fourth-order valence-corrected chi connectivity index (χ4v) is 3.43. The number of alkyl halides is 3. The van der Waals surface area contributed by atoms with Crippen molar-refractivity contribution in [1.29, 1.82) is 5.26 Å². The maximum atomic E-state index is 12.8. The zero-order chi connectivity index (χ0) is 19.6. The van der Waals surface area contributed by atoms with E-state index < -0.39 is 11.7 Å². The van der Waals surface area contributed by atoms with E-state index >= 15 is 0 Å². The molecule has 0 bridgehead atoms. The highest BCUT2D eigenvalue weighted by atomic mass is 32.1. The molecule has 3 aromatic rings. The minimum absolute atomic E-state index is 0.0550. The summed E-state index contributed by atoms with van der Waals surface area (Å²) in [7, 11) is 1.54. The van der Waals surface area contributed by atoms with E-state index in [1.807, 2.05) is 6.07 Å². The first-order chi connectivity index (χ1) is 12.8. The van der Waals surface area contributed by atoms with Gasteiger partial charge in [-0.05, 0) is 35.9 Å². The number of hydrogen-bond donors (Lipinski definition) is 1. The molecule has 0 spiro atoms. The minimum Gasteiger partial charge on any atom is -0.510 e. The molecule has 1 heterocycles. The van der Waals surface area contributed by atoms with Crippen LogP contribution in [0.2, 0.25) is 0 Å².